The van der Waals surface area contributed by atoms with E-state index in [0.717, 1.165) is 5.69 Å². The molecule has 126 valence electrons. The minimum Gasteiger partial charge on any atom is -0.364 e. The highest BCUT2D eigenvalue weighted by atomic mass is 19.1. The minimum atomic E-state index is -0.333. The van der Waals surface area contributed by atoms with Gasteiger partial charge in [-0.2, -0.15) is 0 Å². The molecule has 3 rings (SSSR count). The number of hydrogen-bond donors (Lipinski definition) is 3. The molecule has 24 heavy (non-hydrogen) atoms. The second-order valence-electron chi connectivity index (χ2n) is 5.58. The number of amides is 1. The molecule has 0 unspecified atom stereocenters. The van der Waals surface area contributed by atoms with Gasteiger partial charge in [0.25, 0.3) is 0 Å². The van der Waals surface area contributed by atoms with Gasteiger partial charge in [-0.3, -0.25) is 4.79 Å². The predicted molar refractivity (Wildman–Crippen MR) is 85.6 cm³/mol. The number of nitrogens with one attached hydrogen (secondary N) is 3. The van der Waals surface area contributed by atoms with Crippen LogP contribution in [0.5, 0.6) is 0 Å². The van der Waals surface area contributed by atoms with Crippen LogP contribution in [0.2, 0.25) is 0 Å². The van der Waals surface area contributed by atoms with Crippen LogP contribution >= 0.6 is 0 Å². The molecule has 0 fully saturated rings. The van der Waals surface area contributed by atoms with Gasteiger partial charge in [0.05, 0.1) is 17.1 Å². The summed E-state index contributed by atoms with van der Waals surface area (Å²) in [5.41, 5.74) is 2.18. The van der Waals surface area contributed by atoms with Crippen LogP contribution in [0.3, 0.4) is 0 Å². The van der Waals surface area contributed by atoms with E-state index in [-0.39, 0.29) is 31.0 Å². The molecule has 2 aromatic heterocycles. The van der Waals surface area contributed by atoms with Crippen LogP contribution in [0.25, 0.3) is 11.0 Å². The lowest BCUT2D eigenvalue weighted by Gasteiger charge is -2.11. The van der Waals surface area contributed by atoms with Gasteiger partial charge in [-0.15, -0.1) is 0 Å². The molecule has 0 saturated heterocycles. The van der Waals surface area contributed by atoms with E-state index >= 15 is 0 Å². The molecule has 8 heteroatoms. The molecule has 0 aliphatic heterocycles. The molecule has 2 heterocycles. The van der Waals surface area contributed by atoms with Crippen LogP contribution in [0.1, 0.15) is 30.3 Å². The van der Waals surface area contributed by atoms with E-state index in [1.165, 1.54) is 12.1 Å². The van der Waals surface area contributed by atoms with Crippen molar-refractivity contribution in [2.45, 2.75) is 26.5 Å². The Kier molecular flexibility index (Phi) is 4.57. The third-order valence-electron chi connectivity index (χ3n) is 3.48. The Labute approximate surface area is 137 Å². The quantitative estimate of drug-likeness (QED) is 0.645. The topological polar surface area (TPSA) is 95.7 Å². The van der Waals surface area contributed by atoms with Crippen LogP contribution in [-0.4, -0.2) is 32.4 Å². The third kappa shape index (κ3) is 3.77. The SMILES string of the molecule is Cc1cnc([C@H](C)NC(=O)COCc2nc3ccc(F)cc3[nH]2)[nH]1. The van der Waals surface area contributed by atoms with E-state index in [0.29, 0.717) is 22.7 Å². The fraction of sp³-hybridized carbons (Fsp3) is 0.312. The van der Waals surface area contributed by atoms with Gasteiger partial charge in [0.1, 0.15) is 30.7 Å². The first-order chi connectivity index (χ1) is 11.5. The number of H-pyrrole nitrogens is 2. The summed E-state index contributed by atoms with van der Waals surface area (Å²) < 4.78 is 18.5. The van der Waals surface area contributed by atoms with E-state index < -0.39 is 0 Å². The number of aromatic nitrogens is 4. The maximum Gasteiger partial charge on any atom is 0.246 e. The third-order valence-corrected chi connectivity index (χ3v) is 3.48. The van der Waals surface area contributed by atoms with Gasteiger partial charge in [-0.05, 0) is 32.0 Å². The number of aryl methyl sites for hydroxylation is 1. The van der Waals surface area contributed by atoms with Crippen molar-refractivity contribution < 1.29 is 13.9 Å². The number of rotatable bonds is 6. The Morgan fingerprint density at radius 2 is 2.25 bits per heavy atom. The molecule has 0 aliphatic carbocycles. The zero-order valence-electron chi connectivity index (χ0n) is 13.4. The lowest BCUT2D eigenvalue weighted by Crippen LogP contribution is -2.30. The Morgan fingerprint density at radius 3 is 3.00 bits per heavy atom. The van der Waals surface area contributed by atoms with E-state index in [2.05, 4.69) is 25.3 Å². The van der Waals surface area contributed by atoms with Crippen molar-refractivity contribution in [2.75, 3.05) is 6.61 Å². The maximum atomic E-state index is 13.1. The summed E-state index contributed by atoms with van der Waals surface area (Å²) in [6.07, 6.45) is 1.71. The summed E-state index contributed by atoms with van der Waals surface area (Å²) in [5.74, 6) is 0.650. The summed E-state index contributed by atoms with van der Waals surface area (Å²) >= 11 is 0. The fourth-order valence-corrected chi connectivity index (χ4v) is 2.35. The Hall–Kier alpha value is -2.74. The Balaban J connectivity index is 1.49. The molecule has 3 N–H and O–H groups in total. The van der Waals surface area contributed by atoms with Crippen LogP contribution in [0, 0.1) is 12.7 Å². The van der Waals surface area contributed by atoms with Crippen molar-refractivity contribution in [3.05, 3.63) is 47.6 Å². The zero-order chi connectivity index (χ0) is 17.1. The number of halogens is 1. The van der Waals surface area contributed by atoms with Crippen molar-refractivity contribution in [2.24, 2.45) is 0 Å². The molecule has 0 spiro atoms. The van der Waals surface area contributed by atoms with Crippen LogP contribution in [0.15, 0.2) is 24.4 Å². The van der Waals surface area contributed by atoms with Crippen molar-refractivity contribution >= 4 is 16.9 Å². The fourth-order valence-electron chi connectivity index (χ4n) is 2.35. The number of carbonyl (C=O) groups excluding carboxylic acids is 1. The molecular formula is C16H18FN5O2. The van der Waals surface area contributed by atoms with E-state index in [1.54, 1.807) is 12.3 Å². The van der Waals surface area contributed by atoms with Crippen LogP contribution in [0.4, 0.5) is 4.39 Å². The molecule has 1 amide bonds. The molecule has 3 aromatic rings. The van der Waals surface area contributed by atoms with E-state index in [1.807, 2.05) is 13.8 Å². The molecule has 0 aliphatic rings. The van der Waals surface area contributed by atoms with Crippen molar-refractivity contribution in [3.63, 3.8) is 0 Å². The van der Waals surface area contributed by atoms with Crippen molar-refractivity contribution in [1.82, 2.24) is 25.3 Å². The molecule has 1 atom stereocenters. The molecule has 0 saturated carbocycles. The van der Waals surface area contributed by atoms with Crippen LogP contribution in [-0.2, 0) is 16.1 Å². The first-order valence-corrected chi connectivity index (χ1v) is 7.54. The number of aromatic amines is 2. The normalized spacial score (nSPS) is 12.5. The molecule has 0 radical (unpaired) electrons. The average Bonchev–Trinajstić information content (AvgIpc) is 3.12. The minimum absolute atomic E-state index is 0.102. The van der Waals surface area contributed by atoms with Gasteiger partial charge in [-0.25, -0.2) is 14.4 Å². The summed E-state index contributed by atoms with van der Waals surface area (Å²) in [7, 11) is 0. The number of hydrogen-bond acceptors (Lipinski definition) is 4. The molecule has 1 aromatic carbocycles. The van der Waals surface area contributed by atoms with Crippen molar-refractivity contribution in [3.8, 4) is 0 Å². The van der Waals surface area contributed by atoms with Gasteiger partial charge in [0.2, 0.25) is 5.91 Å². The van der Waals surface area contributed by atoms with Gasteiger partial charge < -0.3 is 20.0 Å². The lowest BCUT2D eigenvalue weighted by molar-refractivity contribution is -0.126. The molecular weight excluding hydrogens is 313 g/mol. The standard InChI is InChI=1S/C16H18FN5O2/c1-9-6-18-16(19-9)10(2)20-15(23)8-24-7-14-21-12-4-3-11(17)5-13(12)22-14/h3-6,10H,7-8H2,1-2H3,(H,18,19)(H,20,23)(H,21,22)/t10-/m0/s1. The summed E-state index contributed by atoms with van der Waals surface area (Å²) in [5, 5.41) is 2.79. The number of ether oxygens (including phenoxy) is 1. The zero-order valence-corrected chi connectivity index (χ0v) is 13.4. The average molecular weight is 331 g/mol. The summed E-state index contributed by atoms with van der Waals surface area (Å²) in [4.78, 5) is 26.3. The second kappa shape index (κ2) is 6.79. The second-order valence-corrected chi connectivity index (χ2v) is 5.58. The van der Waals surface area contributed by atoms with E-state index in [4.69, 9.17) is 4.74 Å². The van der Waals surface area contributed by atoms with Gasteiger partial charge in [0.15, 0.2) is 0 Å². The van der Waals surface area contributed by atoms with Crippen LogP contribution < -0.4 is 5.32 Å². The first kappa shape index (κ1) is 16.1. The highest BCUT2D eigenvalue weighted by molar-refractivity contribution is 5.77. The van der Waals surface area contributed by atoms with E-state index in [9.17, 15) is 9.18 Å². The molecule has 7 nitrogen and oxygen atoms in total. The highest BCUT2D eigenvalue weighted by Crippen LogP contribution is 2.13. The highest BCUT2D eigenvalue weighted by Gasteiger charge is 2.12. The molecule has 0 bridgehead atoms. The number of imidazole rings is 2. The first-order valence-electron chi connectivity index (χ1n) is 7.54. The lowest BCUT2D eigenvalue weighted by atomic mass is 10.3. The van der Waals surface area contributed by atoms with Crippen molar-refractivity contribution in [1.29, 1.82) is 0 Å². The monoisotopic (exact) mass is 331 g/mol. The predicted octanol–water partition coefficient (Wildman–Crippen LogP) is 2.13. The summed E-state index contributed by atoms with van der Waals surface area (Å²) in [6, 6.07) is 4.07. The number of carbonyl (C=O) groups is 1. The maximum absolute atomic E-state index is 13.1. The smallest absolute Gasteiger partial charge is 0.246 e. The number of fused-ring (bicyclic) bond motifs is 1. The van der Waals surface area contributed by atoms with Gasteiger partial charge in [0, 0.05) is 11.9 Å². The van der Waals surface area contributed by atoms with Gasteiger partial charge >= 0.3 is 0 Å². The largest absolute Gasteiger partial charge is 0.364 e. The number of benzene rings is 1. The van der Waals surface area contributed by atoms with Gasteiger partial charge in [-0.1, -0.05) is 0 Å². The summed E-state index contributed by atoms with van der Waals surface area (Å²) in [6.45, 7) is 3.77. The Bertz CT molecular complexity index is 857. The Morgan fingerprint density at radius 1 is 1.42 bits per heavy atom. The number of nitrogens with zero attached hydrogens (tertiary/aromatic N) is 2.